The topological polar surface area (TPSA) is 67.4 Å². The van der Waals surface area contributed by atoms with E-state index >= 15 is 0 Å². The first kappa shape index (κ1) is 15.4. The molecule has 0 unspecified atom stereocenters. The standard InChI is InChI=1S/C16H22N2O3/c1-16(2,3)21-15(20)18-13-9-12(10-17-14(13)19)11-7-5-4-6-8-11/h4-8,12-13H,9-10H2,1-3H3,(H,17,19)(H,18,20)/t12-,13+/m1/s1. The first-order valence-electron chi connectivity index (χ1n) is 7.17. The molecule has 2 atom stereocenters. The summed E-state index contributed by atoms with van der Waals surface area (Å²) in [5.41, 5.74) is 0.585. The summed E-state index contributed by atoms with van der Waals surface area (Å²) in [4.78, 5) is 23.7. The number of piperidine rings is 1. The number of carbonyl (C=O) groups excluding carboxylic acids is 2. The van der Waals surface area contributed by atoms with Crippen molar-refractivity contribution >= 4 is 12.0 Å². The van der Waals surface area contributed by atoms with E-state index in [0.717, 1.165) is 5.56 Å². The SMILES string of the molecule is CC(C)(C)OC(=O)N[C@H]1C[C@@H](c2ccccc2)CNC1=O. The molecule has 0 radical (unpaired) electrons. The molecule has 0 aliphatic carbocycles. The van der Waals surface area contributed by atoms with Crippen molar-refractivity contribution in [2.75, 3.05) is 6.54 Å². The summed E-state index contributed by atoms with van der Waals surface area (Å²) in [5.74, 6) is 0.0388. The molecule has 2 amide bonds. The molecule has 1 aromatic carbocycles. The quantitative estimate of drug-likeness (QED) is 0.877. The molecule has 5 nitrogen and oxygen atoms in total. The Bertz CT molecular complexity index is 508. The van der Waals surface area contributed by atoms with Crippen LogP contribution in [-0.2, 0) is 9.53 Å². The Labute approximate surface area is 125 Å². The van der Waals surface area contributed by atoms with E-state index in [-0.39, 0.29) is 11.8 Å². The zero-order valence-corrected chi connectivity index (χ0v) is 12.7. The maximum Gasteiger partial charge on any atom is 0.408 e. The molecular formula is C16H22N2O3. The van der Waals surface area contributed by atoms with Crippen LogP contribution in [0.2, 0.25) is 0 Å². The lowest BCUT2D eigenvalue weighted by molar-refractivity contribution is -0.124. The van der Waals surface area contributed by atoms with E-state index in [4.69, 9.17) is 4.74 Å². The Balaban J connectivity index is 1.99. The van der Waals surface area contributed by atoms with Crippen LogP contribution in [0, 0.1) is 0 Å². The molecule has 5 heteroatoms. The fourth-order valence-corrected chi connectivity index (χ4v) is 2.38. The minimum Gasteiger partial charge on any atom is -0.444 e. The largest absolute Gasteiger partial charge is 0.444 e. The fourth-order valence-electron chi connectivity index (χ4n) is 2.38. The minimum absolute atomic E-state index is 0.159. The molecule has 0 saturated carbocycles. The van der Waals surface area contributed by atoms with Crippen LogP contribution in [0.4, 0.5) is 4.79 Å². The Morgan fingerprint density at radius 2 is 1.95 bits per heavy atom. The van der Waals surface area contributed by atoms with Gasteiger partial charge in [-0.1, -0.05) is 30.3 Å². The van der Waals surface area contributed by atoms with Gasteiger partial charge < -0.3 is 15.4 Å². The van der Waals surface area contributed by atoms with Gasteiger partial charge in [-0.15, -0.1) is 0 Å². The second-order valence-electron chi connectivity index (χ2n) is 6.29. The second-order valence-corrected chi connectivity index (χ2v) is 6.29. The van der Waals surface area contributed by atoms with Crippen LogP contribution >= 0.6 is 0 Å². The van der Waals surface area contributed by atoms with Gasteiger partial charge in [0.1, 0.15) is 11.6 Å². The summed E-state index contributed by atoms with van der Waals surface area (Å²) in [7, 11) is 0. The van der Waals surface area contributed by atoms with Crippen LogP contribution < -0.4 is 10.6 Å². The van der Waals surface area contributed by atoms with Crippen molar-refractivity contribution in [1.29, 1.82) is 0 Å². The third kappa shape index (κ3) is 4.48. The molecule has 0 aromatic heterocycles. The van der Waals surface area contributed by atoms with Crippen molar-refractivity contribution in [3.63, 3.8) is 0 Å². The molecule has 1 aliphatic rings. The van der Waals surface area contributed by atoms with Crippen LogP contribution in [0.1, 0.15) is 38.7 Å². The zero-order valence-electron chi connectivity index (χ0n) is 12.7. The number of nitrogens with one attached hydrogen (secondary N) is 2. The van der Waals surface area contributed by atoms with E-state index < -0.39 is 17.7 Å². The Morgan fingerprint density at radius 3 is 2.57 bits per heavy atom. The molecule has 21 heavy (non-hydrogen) atoms. The molecule has 1 saturated heterocycles. The highest BCUT2D eigenvalue weighted by Gasteiger charge is 2.31. The van der Waals surface area contributed by atoms with Crippen LogP contribution in [0.25, 0.3) is 0 Å². The smallest absolute Gasteiger partial charge is 0.408 e. The van der Waals surface area contributed by atoms with Crippen LogP contribution in [-0.4, -0.2) is 30.2 Å². The van der Waals surface area contributed by atoms with Gasteiger partial charge in [-0.2, -0.15) is 0 Å². The summed E-state index contributed by atoms with van der Waals surface area (Å²) in [5, 5.41) is 5.49. The van der Waals surface area contributed by atoms with E-state index in [1.165, 1.54) is 0 Å². The molecule has 1 heterocycles. The normalized spacial score (nSPS) is 22.3. The number of rotatable bonds is 2. The van der Waals surface area contributed by atoms with Crippen molar-refractivity contribution in [3.05, 3.63) is 35.9 Å². The van der Waals surface area contributed by atoms with Gasteiger partial charge in [0.15, 0.2) is 0 Å². The number of ether oxygens (including phenoxy) is 1. The third-order valence-corrected chi connectivity index (χ3v) is 3.32. The van der Waals surface area contributed by atoms with Crippen molar-refractivity contribution in [2.24, 2.45) is 0 Å². The van der Waals surface area contributed by atoms with E-state index in [0.29, 0.717) is 13.0 Å². The molecular weight excluding hydrogens is 268 g/mol. The predicted molar refractivity (Wildman–Crippen MR) is 80.0 cm³/mol. The highest BCUT2D eigenvalue weighted by Crippen LogP contribution is 2.23. The average Bonchev–Trinajstić information content (AvgIpc) is 2.40. The average molecular weight is 290 g/mol. The van der Waals surface area contributed by atoms with Gasteiger partial charge in [-0.05, 0) is 32.8 Å². The van der Waals surface area contributed by atoms with Gasteiger partial charge in [0.05, 0.1) is 0 Å². The number of hydrogen-bond acceptors (Lipinski definition) is 3. The molecule has 2 N–H and O–H groups in total. The highest BCUT2D eigenvalue weighted by atomic mass is 16.6. The van der Waals surface area contributed by atoms with E-state index in [1.54, 1.807) is 20.8 Å². The number of carbonyl (C=O) groups is 2. The summed E-state index contributed by atoms with van der Waals surface area (Å²) < 4.78 is 5.20. The van der Waals surface area contributed by atoms with Crippen LogP contribution in [0.15, 0.2) is 30.3 Å². The first-order valence-corrected chi connectivity index (χ1v) is 7.17. The molecule has 0 spiro atoms. The summed E-state index contributed by atoms with van der Waals surface area (Å²) in [6.07, 6.45) is 0.0195. The molecule has 1 aliphatic heterocycles. The van der Waals surface area contributed by atoms with Gasteiger partial charge in [-0.3, -0.25) is 4.79 Å². The van der Waals surface area contributed by atoms with Gasteiger partial charge >= 0.3 is 6.09 Å². The lowest BCUT2D eigenvalue weighted by atomic mass is 9.89. The number of hydrogen-bond donors (Lipinski definition) is 2. The minimum atomic E-state index is -0.575. The summed E-state index contributed by atoms with van der Waals surface area (Å²) in [6.45, 7) is 5.97. The Hall–Kier alpha value is -2.04. The summed E-state index contributed by atoms with van der Waals surface area (Å²) in [6, 6.07) is 9.42. The maximum absolute atomic E-state index is 11.9. The maximum atomic E-state index is 11.9. The van der Waals surface area contributed by atoms with Gasteiger partial charge in [-0.25, -0.2) is 4.79 Å². The molecule has 114 valence electrons. The predicted octanol–water partition coefficient (Wildman–Crippen LogP) is 2.18. The number of benzene rings is 1. The molecule has 0 bridgehead atoms. The van der Waals surface area contributed by atoms with Crippen LogP contribution in [0.5, 0.6) is 0 Å². The van der Waals surface area contributed by atoms with E-state index in [2.05, 4.69) is 10.6 Å². The second kappa shape index (κ2) is 6.16. The number of alkyl carbamates (subject to hydrolysis) is 1. The monoisotopic (exact) mass is 290 g/mol. The Kier molecular flexibility index (Phi) is 4.50. The van der Waals surface area contributed by atoms with Gasteiger partial charge in [0.25, 0.3) is 0 Å². The molecule has 1 fully saturated rings. The fraction of sp³-hybridized carbons (Fsp3) is 0.500. The lowest BCUT2D eigenvalue weighted by Crippen LogP contribution is -2.53. The van der Waals surface area contributed by atoms with Crippen molar-refractivity contribution in [1.82, 2.24) is 10.6 Å². The number of amides is 2. The zero-order chi connectivity index (χ0) is 15.5. The van der Waals surface area contributed by atoms with Crippen LogP contribution in [0.3, 0.4) is 0 Å². The third-order valence-electron chi connectivity index (χ3n) is 3.32. The molecule has 2 rings (SSSR count). The van der Waals surface area contributed by atoms with Gasteiger partial charge in [0, 0.05) is 12.5 Å². The Morgan fingerprint density at radius 1 is 1.29 bits per heavy atom. The van der Waals surface area contributed by atoms with Gasteiger partial charge in [0.2, 0.25) is 5.91 Å². The first-order chi connectivity index (χ1) is 9.85. The van der Waals surface area contributed by atoms with E-state index in [9.17, 15) is 9.59 Å². The van der Waals surface area contributed by atoms with Crippen molar-refractivity contribution in [3.8, 4) is 0 Å². The molecule has 1 aromatic rings. The van der Waals surface area contributed by atoms with E-state index in [1.807, 2.05) is 30.3 Å². The van der Waals surface area contributed by atoms with Crippen molar-refractivity contribution in [2.45, 2.75) is 44.8 Å². The van der Waals surface area contributed by atoms with Crippen molar-refractivity contribution < 1.29 is 14.3 Å². The highest BCUT2D eigenvalue weighted by molar-refractivity contribution is 5.86. The summed E-state index contributed by atoms with van der Waals surface area (Å²) >= 11 is 0. The lowest BCUT2D eigenvalue weighted by Gasteiger charge is -2.30.